The highest BCUT2D eigenvalue weighted by molar-refractivity contribution is 7.91. The number of aliphatic carboxylic acids is 1. The Balaban J connectivity index is 0.000000532. The number of hydrogen-bond acceptors (Lipinski definition) is 8. The molecule has 3 aliphatic rings. The van der Waals surface area contributed by atoms with Crippen molar-refractivity contribution in [1.29, 1.82) is 0 Å². The molecule has 1 amide bonds. The molecule has 2 saturated heterocycles. The number of sulfone groups is 1. The van der Waals surface area contributed by atoms with Crippen LogP contribution in [0, 0.1) is 17.8 Å². The highest BCUT2D eigenvalue weighted by Crippen LogP contribution is 2.39. The Bertz CT molecular complexity index is 1210. The number of carbonyl (C=O) groups is 2. The molecule has 1 aromatic rings. The van der Waals surface area contributed by atoms with Crippen molar-refractivity contribution < 1.29 is 44.7 Å². The molecule has 0 spiro atoms. The van der Waals surface area contributed by atoms with E-state index in [4.69, 9.17) is 15.6 Å². The normalized spacial score (nSPS) is 25.0. The van der Waals surface area contributed by atoms with Crippen molar-refractivity contribution in [2.75, 3.05) is 37.7 Å². The average molecular weight is 618 g/mol. The minimum absolute atomic E-state index is 0.0173. The number of rotatable bonds is 5. The number of halogens is 3. The van der Waals surface area contributed by atoms with E-state index in [2.05, 4.69) is 0 Å². The van der Waals surface area contributed by atoms with Crippen molar-refractivity contribution >= 4 is 43.1 Å². The van der Waals surface area contributed by atoms with Crippen LogP contribution in [0.3, 0.4) is 0 Å². The second-order valence-electron chi connectivity index (χ2n) is 10.1. The molecule has 2 aliphatic heterocycles. The molecule has 0 unspecified atom stereocenters. The molecule has 0 aromatic carbocycles. The molecule has 3 N–H and O–H groups in total. The molecule has 2 atom stereocenters. The zero-order valence-electron chi connectivity index (χ0n) is 21.3. The highest BCUT2D eigenvalue weighted by atomic mass is 32.2. The molecule has 222 valence electrons. The number of carboxylic acids is 1. The van der Waals surface area contributed by atoms with Gasteiger partial charge in [-0.05, 0) is 30.4 Å². The third-order valence-electron chi connectivity index (χ3n) is 7.45. The van der Waals surface area contributed by atoms with Gasteiger partial charge in [-0.15, -0.1) is 11.3 Å². The van der Waals surface area contributed by atoms with Gasteiger partial charge in [-0.25, -0.2) is 21.6 Å². The number of sulfonamides is 1. The van der Waals surface area contributed by atoms with Gasteiger partial charge in [0.25, 0.3) is 10.0 Å². The molecule has 0 bridgehead atoms. The molecular formula is C23H34F3N3O7S3. The second kappa shape index (κ2) is 12.8. The van der Waals surface area contributed by atoms with E-state index < -0.39 is 37.9 Å². The Kier molecular flexibility index (Phi) is 10.5. The van der Waals surface area contributed by atoms with Gasteiger partial charge in [0.1, 0.15) is 4.21 Å². The Labute approximate surface area is 230 Å². The summed E-state index contributed by atoms with van der Waals surface area (Å²) in [5.41, 5.74) is 5.68. The summed E-state index contributed by atoms with van der Waals surface area (Å²) in [5.74, 6) is -2.74. The monoisotopic (exact) mass is 617 g/mol. The Hall–Kier alpha value is -1.75. The molecular weight excluding hydrogens is 583 g/mol. The van der Waals surface area contributed by atoms with Gasteiger partial charge in [0.05, 0.1) is 17.4 Å². The number of carboxylic acid groups (broad SMARTS) is 1. The minimum atomic E-state index is -5.08. The average Bonchev–Trinajstić information content (AvgIpc) is 3.39. The number of nitrogens with zero attached hydrogens (tertiary/aromatic N) is 2. The van der Waals surface area contributed by atoms with E-state index in [1.807, 2.05) is 0 Å². The summed E-state index contributed by atoms with van der Waals surface area (Å²) in [6, 6.07) is 3.36. The van der Waals surface area contributed by atoms with Crippen molar-refractivity contribution in [1.82, 2.24) is 9.21 Å². The SMILES string of the molecule is NCc1ccc(S(=O)(=O)N2C[C@@H](C(=O)N3CCS(=O)(=O)CC3)C[C@H](C3CCCCC3)C2)s1.O=C(O)C(F)(F)F. The van der Waals surface area contributed by atoms with E-state index in [1.165, 1.54) is 22.1 Å². The van der Waals surface area contributed by atoms with Gasteiger partial charge in [-0.2, -0.15) is 17.5 Å². The molecule has 1 saturated carbocycles. The summed E-state index contributed by atoms with van der Waals surface area (Å²) >= 11 is 1.19. The summed E-state index contributed by atoms with van der Waals surface area (Å²) in [5, 5.41) is 7.12. The molecule has 0 radical (unpaired) electrons. The number of piperidine rings is 1. The lowest BCUT2D eigenvalue weighted by Crippen LogP contribution is -2.53. The van der Waals surface area contributed by atoms with Crippen molar-refractivity contribution in [3.8, 4) is 0 Å². The fourth-order valence-corrected chi connectivity index (χ4v) is 9.48. The van der Waals surface area contributed by atoms with Crippen LogP contribution in [-0.2, 0) is 36.0 Å². The maximum absolute atomic E-state index is 13.5. The quantitative estimate of drug-likeness (QED) is 0.510. The highest BCUT2D eigenvalue weighted by Gasteiger charge is 2.42. The lowest BCUT2D eigenvalue weighted by atomic mass is 9.74. The number of nitrogens with two attached hydrogens (primary N) is 1. The second-order valence-corrected chi connectivity index (χ2v) is 15.8. The van der Waals surface area contributed by atoms with E-state index in [0.29, 0.717) is 25.4 Å². The molecule has 39 heavy (non-hydrogen) atoms. The van der Waals surface area contributed by atoms with Crippen molar-refractivity contribution in [3.05, 3.63) is 17.0 Å². The standard InChI is InChI=1S/C21H33N3O5S3.C2HF3O2/c22-13-19-6-7-20(30-19)32(28,29)24-14-17(16-4-2-1-3-5-16)12-18(15-24)21(25)23-8-10-31(26,27)11-9-23;3-2(4,5)1(6)7/h6-7,16-18H,1-5,8-15,22H2;(H,6,7)/t17-,18-;/m0./s1. The lowest BCUT2D eigenvalue weighted by Gasteiger charge is -2.42. The predicted octanol–water partition coefficient (Wildman–Crippen LogP) is 2.30. The summed E-state index contributed by atoms with van der Waals surface area (Å²) in [6.45, 7) is 1.29. The molecule has 1 aliphatic carbocycles. The van der Waals surface area contributed by atoms with Crippen LogP contribution in [0.25, 0.3) is 0 Å². The summed E-state index contributed by atoms with van der Waals surface area (Å²) in [6.07, 6.45) is 1.28. The molecule has 4 rings (SSSR count). The van der Waals surface area contributed by atoms with Crippen LogP contribution < -0.4 is 5.73 Å². The van der Waals surface area contributed by atoms with Crippen LogP contribution in [0.2, 0.25) is 0 Å². The maximum Gasteiger partial charge on any atom is 0.490 e. The van der Waals surface area contributed by atoms with Crippen molar-refractivity contribution in [3.63, 3.8) is 0 Å². The van der Waals surface area contributed by atoms with Crippen LogP contribution in [0.15, 0.2) is 16.3 Å². The van der Waals surface area contributed by atoms with Crippen LogP contribution in [-0.4, -0.2) is 86.9 Å². The first kappa shape index (κ1) is 31.8. The van der Waals surface area contributed by atoms with Gasteiger partial charge in [0.15, 0.2) is 9.84 Å². The fraction of sp³-hybridized carbons (Fsp3) is 0.739. The van der Waals surface area contributed by atoms with Gasteiger partial charge in [-0.1, -0.05) is 32.1 Å². The first-order chi connectivity index (χ1) is 18.1. The fourth-order valence-electron chi connectivity index (χ4n) is 5.34. The first-order valence-electron chi connectivity index (χ1n) is 12.7. The predicted molar refractivity (Wildman–Crippen MR) is 138 cm³/mol. The smallest absolute Gasteiger partial charge is 0.475 e. The number of hydrogen-bond donors (Lipinski definition) is 2. The third-order valence-corrected chi connectivity index (χ3v) is 12.5. The number of alkyl halides is 3. The lowest BCUT2D eigenvalue weighted by molar-refractivity contribution is -0.192. The topological polar surface area (TPSA) is 155 Å². The molecule has 16 heteroatoms. The summed E-state index contributed by atoms with van der Waals surface area (Å²) < 4.78 is 84.0. The third kappa shape index (κ3) is 8.38. The van der Waals surface area contributed by atoms with Gasteiger partial charge >= 0.3 is 12.1 Å². The van der Waals surface area contributed by atoms with Gasteiger partial charge < -0.3 is 15.7 Å². The minimum Gasteiger partial charge on any atom is -0.475 e. The van der Waals surface area contributed by atoms with Gasteiger partial charge in [0, 0.05) is 37.6 Å². The summed E-state index contributed by atoms with van der Waals surface area (Å²) in [7, 11) is -6.80. The van der Waals surface area contributed by atoms with Crippen LogP contribution in [0.1, 0.15) is 43.4 Å². The van der Waals surface area contributed by atoms with E-state index in [1.54, 1.807) is 17.0 Å². The Morgan fingerprint density at radius 3 is 2.15 bits per heavy atom. The van der Waals surface area contributed by atoms with E-state index in [-0.39, 0.29) is 47.2 Å². The Morgan fingerprint density at radius 1 is 1.05 bits per heavy atom. The van der Waals surface area contributed by atoms with Gasteiger partial charge in [0.2, 0.25) is 5.91 Å². The zero-order valence-corrected chi connectivity index (χ0v) is 23.8. The molecule has 3 heterocycles. The molecule has 1 aromatic heterocycles. The zero-order chi connectivity index (χ0) is 29.0. The summed E-state index contributed by atoms with van der Waals surface area (Å²) in [4.78, 5) is 24.7. The Morgan fingerprint density at radius 2 is 1.64 bits per heavy atom. The van der Waals surface area contributed by atoms with E-state index in [9.17, 15) is 34.8 Å². The van der Waals surface area contributed by atoms with Crippen LogP contribution in [0.5, 0.6) is 0 Å². The number of amides is 1. The van der Waals surface area contributed by atoms with E-state index in [0.717, 1.165) is 30.6 Å². The van der Waals surface area contributed by atoms with Crippen molar-refractivity contribution in [2.24, 2.45) is 23.5 Å². The van der Waals surface area contributed by atoms with Crippen LogP contribution >= 0.6 is 11.3 Å². The molecule has 10 nitrogen and oxygen atoms in total. The van der Waals surface area contributed by atoms with E-state index >= 15 is 0 Å². The largest absolute Gasteiger partial charge is 0.490 e. The number of carbonyl (C=O) groups excluding carboxylic acids is 1. The van der Waals surface area contributed by atoms with Crippen molar-refractivity contribution in [2.45, 2.75) is 55.5 Å². The van der Waals surface area contributed by atoms with Gasteiger partial charge in [-0.3, -0.25) is 4.79 Å². The van der Waals surface area contributed by atoms with Crippen LogP contribution in [0.4, 0.5) is 13.2 Å². The maximum atomic E-state index is 13.5. The number of thiophene rings is 1. The first-order valence-corrected chi connectivity index (χ1v) is 16.8. The molecule has 3 fully saturated rings.